The van der Waals surface area contributed by atoms with E-state index in [4.69, 9.17) is 9.47 Å². The molecular formula is C23H32N2O2. The summed E-state index contributed by atoms with van der Waals surface area (Å²) in [5.41, 5.74) is 2.31. The minimum Gasteiger partial charge on any atom is -0.490 e. The van der Waals surface area contributed by atoms with Gasteiger partial charge in [-0.2, -0.15) is 0 Å². The van der Waals surface area contributed by atoms with Crippen molar-refractivity contribution in [2.45, 2.75) is 45.9 Å². The average molecular weight is 369 g/mol. The minimum atomic E-state index is 0.546. The van der Waals surface area contributed by atoms with Gasteiger partial charge in [-0.25, -0.2) is 0 Å². The quantitative estimate of drug-likeness (QED) is 0.680. The minimum absolute atomic E-state index is 0.546. The SMILES string of the molecule is CCOc1cccc(CNCC2CCCN2CC)c1OCc1ccccc1. The van der Waals surface area contributed by atoms with Crippen molar-refractivity contribution in [3.05, 3.63) is 59.7 Å². The summed E-state index contributed by atoms with van der Waals surface area (Å²) in [6.07, 6.45) is 2.60. The van der Waals surface area contributed by atoms with E-state index >= 15 is 0 Å². The highest BCUT2D eigenvalue weighted by molar-refractivity contribution is 5.46. The third-order valence-electron chi connectivity index (χ3n) is 5.19. The first kappa shape index (κ1) is 19.7. The second-order valence-electron chi connectivity index (χ2n) is 7.01. The molecule has 4 nitrogen and oxygen atoms in total. The normalized spacial score (nSPS) is 17.2. The molecule has 0 saturated carbocycles. The van der Waals surface area contributed by atoms with Crippen LogP contribution >= 0.6 is 0 Å². The van der Waals surface area contributed by atoms with Gasteiger partial charge in [-0.1, -0.05) is 49.4 Å². The van der Waals surface area contributed by atoms with E-state index in [0.717, 1.165) is 42.3 Å². The Kier molecular flexibility index (Phi) is 7.55. The Morgan fingerprint density at radius 1 is 1.04 bits per heavy atom. The smallest absolute Gasteiger partial charge is 0.166 e. The molecule has 2 aromatic rings. The molecule has 27 heavy (non-hydrogen) atoms. The molecule has 146 valence electrons. The largest absolute Gasteiger partial charge is 0.490 e. The number of hydrogen-bond donors (Lipinski definition) is 1. The van der Waals surface area contributed by atoms with Crippen molar-refractivity contribution in [3.8, 4) is 11.5 Å². The first-order valence-corrected chi connectivity index (χ1v) is 10.2. The Balaban J connectivity index is 1.65. The molecule has 1 atom stereocenters. The Morgan fingerprint density at radius 2 is 1.89 bits per heavy atom. The summed E-state index contributed by atoms with van der Waals surface area (Å²) in [4.78, 5) is 2.57. The van der Waals surface area contributed by atoms with Gasteiger partial charge in [0, 0.05) is 24.7 Å². The number of hydrogen-bond acceptors (Lipinski definition) is 4. The summed E-state index contributed by atoms with van der Waals surface area (Å²) < 4.78 is 12.0. The van der Waals surface area contributed by atoms with Crippen molar-refractivity contribution in [1.82, 2.24) is 10.2 Å². The van der Waals surface area contributed by atoms with Gasteiger partial charge in [0.2, 0.25) is 0 Å². The molecule has 0 spiro atoms. The molecule has 1 aliphatic heterocycles. The van der Waals surface area contributed by atoms with Crippen LogP contribution in [0.5, 0.6) is 11.5 Å². The maximum absolute atomic E-state index is 6.20. The number of para-hydroxylation sites is 1. The third kappa shape index (κ3) is 5.47. The van der Waals surface area contributed by atoms with Crippen LogP contribution in [0, 0.1) is 0 Å². The van der Waals surface area contributed by atoms with Gasteiger partial charge in [-0.15, -0.1) is 0 Å². The predicted molar refractivity (Wildman–Crippen MR) is 110 cm³/mol. The van der Waals surface area contributed by atoms with Crippen molar-refractivity contribution < 1.29 is 9.47 Å². The average Bonchev–Trinajstić information content (AvgIpc) is 3.16. The van der Waals surface area contributed by atoms with Gasteiger partial charge in [-0.05, 0) is 44.5 Å². The Morgan fingerprint density at radius 3 is 2.67 bits per heavy atom. The van der Waals surface area contributed by atoms with Crippen LogP contribution in [-0.2, 0) is 13.2 Å². The third-order valence-corrected chi connectivity index (χ3v) is 5.19. The lowest BCUT2D eigenvalue weighted by molar-refractivity contribution is 0.256. The zero-order valence-corrected chi connectivity index (χ0v) is 16.6. The number of benzene rings is 2. The van der Waals surface area contributed by atoms with Crippen molar-refractivity contribution in [2.75, 3.05) is 26.2 Å². The summed E-state index contributed by atoms with van der Waals surface area (Å²) in [5.74, 6) is 1.68. The maximum atomic E-state index is 6.20. The molecule has 1 heterocycles. The predicted octanol–water partition coefficient (Wildman–Crippen LogP) is 4.24. The van der Waals surface area contributed by atoms with Gasteiger partial charge in [0.05, 0.1) is 6.61 Å². The van der Waals surface area contributed by atoms with E-state index in [9.17, 15) is 0 Å². The van der Waals surface area contributed by atoms with Crippen molar-refractivity contribution in [1.29, 1.82) is 0 Å². The number of ether oxygens (including phenoxy) is 2. The lowest BCUT2D eigenvalue weighted by Crippen LogP contribution is -2.37. The van der Waals surface area contributed by atoms with Crippen LogP contribution in [0.1, 0.15) is 37.8 Å². The molecule has 2 aromatic carbocycles. The fourth-order valence-electron chi connectivity index (χ4n) is 3.78. The van der Waals surface area contributed by atoms with Gasteiger partial charge >= 0.3 is 0 Å². The summed E-state index contributed by atoms with van der Waals surface area (Å²) in [5, 5.41) is 3.64. The van der Waals surface area contributed by atoms with Gasteiger partial charge in [0.1, 0.15) is 6.61 Å². The van der Waals surface area contributed by atoms with Gasteiger partial charge in [0.15, 0.2) is 11.5 Å². The molecule has 1 fully saturated rings. The van der Waals surface area contributed by atoms with Gasteiger partial charge in [0.25, 0.3) is 0 Å². The highest BCUT2D eigenvalue weighted by atomic mass is 16.5. The molecule has 1 saturated heterocycles. The molecule has 1 unspecified atom stereocenters. The molecule has 3 rings (SSSR count). The Hall–Kier alpha value is -2.04. The van der Waals surface area contributed by atoms with Crippen LogP contribution in [0.25, 0.3) is 0 Å². The van der Waals surface area contributed by atoms with Crippen LogP contribution in [-0.4, -0.2) is 37.2 Å². The highest BCUT2D eigenvalue weighted by Gasteiger charge is 2.22. The molecule has 0 aromatic heterocycles. The number of likely N-dealkylation sites (N-methyl/N-ethyl adjacent to an activating group) is 1. The van der Waals surface area contributed by atoms with Crippen LogP contribution < -0.4 is 14.8 Å². The van der Waals surface area contributed by atoms with E-state index < -0.39 is 0 Å². The molecule has 4 heteroatoms. The Bertz CT molecular complexity index is 690. The fourth-order valence-corrected chi connectivity index (χ4v) is 3.78. The standard InChI is InChI=1S/C23H32N2O2/c1-3-25-15-9-13-21(25)17-24-16-20-12-8-14-22(26-4-2)23(20)27-18-19-10-6-5-7-11-19/h5-8,10-12,14,21,24H,3-4,9,13,15-18H2,1-2H3. The molecule has 1 aliphatic rings. The first-order chi connectivity index (χ1) is 13.3. The van der Waals surface area contributed by atoms with E-state index in [1.54, 1.807) is 0 Å². The topological polar surface area (TPSA) is 33.7 Å². The molecule has 1 N–H and O–H groups in total. The van der Waals surface area contributed by atoms with E-state index in [0.29, 0.717) is 19.3 Å². The molecule has 0 amide bonds. The zero-order valence-electron chi connectivity index (χ0n) is 16.6. The number of likely N-dealkylation sites (tertiary alicyclic amines) is 1. The van der Waals surface area contributed by atoms with E-state index in [1.807, 2.05) is 37.3 Å². The van der Waals surface area contributed by atoms with E-state index in [2.05, 4.69) is 35.3 Å². The van der Waals surface area contributed by atoms with Crippen LogP contribution in [0.2, 0.25) is 0 Å². The van der Waals surface area contributed by atoms with Crippen LogP contribution in [0.15, 0.2) is 48.5 Å². The van der Waals surface area contributed by atoms with Gasteiger partial charge < -0.3 is 14.8 Å². The lowest BCUT2D eigenvalue weighted by Gasteiger charge is -2.23. The van der Waals surface area contributed by atoms with E-state index in [1.165, 1.54) is 19.4 Å². The number of nitrogens with zero attached hydrogens (tertiary/aromatic N) is 1. The summed E-state index contributed by atoms with van der Waals surface area (Å²) in [6, 6.07) is 17.1. The highest BCUT2D eigenvalue weighted by Crippen LogP contribution is 2.32. The summed E-state index contributed by atoms with van der Waals surface area (Å²) in [7, 11) is 0. The second-order valence-corrected chi connectivity index (χ2v) is 7.01. The van der Waals surface area contributed by atoms with E-state index in [-0.39, 0.29) is 0 Å². The molecule has 0 aliphatic carbocycles. The molecular weight excluding hydrogens is 336 g/mol. The Labute approximate surface area is 163 Å². The summed E-state index contributed by atoms with van der Waals surface area (Å²) in [6.45, 7) is 9.61. The second kappa shape index (κ2) is 10.3. The van der Waals surface area contributed by atoms with Crippen molar-refractivity contribution in [3.63, 3.8) is 0 Å². The molecule has 0 radical (unpaired) electrons. The molecule has 0 bridgehead atoms. The zero-order chi connectivity index (χ0) is 18.9. The fraction of sp³-hybridized carbons (Fsp3) is 0.478. The van der Waals surface area contributed by atoms with Gasteiger partial charge in [-0.3, -0.25) is 4.90 Å². The first-order valence-electron chi connectivity index (χ1n) is 10.2. The number of nitrogens with one attached hydrogen (secondary N) is 1. The van der Waals surface area contributed by atoms with Crippen LogP contribution in [0.4, 0.5) is 0 Å². The number of rotatable bonds is 10. The monoisotopic (exact) mass is 368 g/mol. The maximum Gasteiger partial charge on any atom is 0.166 e. The van der Waals surface area contributed by atoms with Crippen molar-refractivity contribution in [2.24, 2.45) is 0 Å². The van der Waals surface area contributed by atoms with Crippen molar-refractivity contribution >= 4 is 0 Å². The van der Waals surface area contributed by atoms with Crippen LogP contribution in [0.3, 0.4) is 0 Å². The lowest BCUT2D eigenvalue weighted by atomic mass is 10.1. The summed E-state index contributed by atoms with van der Waals surface area (Å²) >= 11 is 0.